The fourth-order valence-electron chi connectivity index (χ4n) is 0.614. The average molecular weight is 173 g/mol. The molecule has 0 fully saturated rings. The van der Waals surface area contributed by atoms with Crippen LogP contribution >= 0.6 is 0 Å². The maximum Gasteiger partial charge on any atom is 0.216 e. The van der Waals surface area contributed by atoms with Gasteiger partial charge in [0.15, 0.2) is 0 Å². The van der Waals surface area contributed by atoms with Crippen LogP contribution in [0.3, 0.4) is 0 Å². The van der Waals surface area contributed by atoms with Gasteiger partial charge in [-0.2, -0.15) is 0 Å². The number of aliphatic imine (C=N–C) groups is 1. The van der Waals surface area contributed by atoms with Crippen molar-refractivity contribution < 1.29 is 4.79 Å². The van der Waals surface area contributed by atoms with E-state index in [0.717, 1.165) is 0 Å². The monoisotopic (exact) mass is 173 g/mol. The molecule has 6 nitrogen and oxygen atoms in total. The van der Waals surface area contributed by atoms with Gasteiger partial charge in [-0.25, -0.2) is 5.84 Å². The molecule has 0 unspecified atom stereocenters. The van der Waals surface area contributed by atoms with Crippen LogP contribution in [0.5, 0.6) is 0 Å². The van der Waals surface area contributed by atoms with E-state index < -0.39 is 0 Å². The molecule has 0 aromatic carbocycles. The highest BCUT2D eigenvalue weighted by Crippen LogP contribution is 1.63. The van der Waals surface area contributed by atoms with Crippen LogP contribution in [0.25, 0.3) is 0 Å². The van der Waals surface area contributed by atoms with E-state index in [1.165, 1.54) is 6.92 Å². The van der Waals surface area contributed by atoms with Crippen LogP contribution in [-0.2, 0) is 4.79 Å². The van der Waals surface area contributed by atoms with Gasteiger partial charge in [-0.15, -0.1) is 0 Å². The van der Waals surface area contributed by atoms with Gasteiger partial charge in [0.25, 0.3) is 0 Å². The van der Waals surface area contributed by atoms with Crippen molar-refractivity contribution in [2.45, 2.75) is 6.92 Å². The predicted molar refractivity (Wildman–Crippen MR) is 47.4 cm³/mol. The zero-order valence-corrected chi connectivity index (χ0v) is 7.35. The summed E-state index contributed by atoms with van der Waals surface area (Å²) in [6, 6.07) is 0. The number of hydrogen-bond donors (Lipinski definition) is 4. The Kier molecular flexibility index (Phi) is 5.72. The normalized spacial score (nSPS) is 10.8. The molecule has 0 aliphatic heterocycles. The third-order valence-corrected chi connectivity index (χ3v) is 1.15. The second-order valence-corrected chi connectivity index (χ2v) is 2.13. The van der Waals surface area contributed by atoms with Gasteiger partial charge in [-0.3, -0.25) is 15.2 Å². The molecule has 0 heterocycles. The van der Waals surface area contributed by atoms with Gasteiger partial charge in [-0.1, -0.05) is 0 Å². The number of rotatable bonds is 3. The number of carbonyl (C=O) groups is 1. The van der Waals surface area contributed by atoms with E-state index in [2.05, 4.69) is 21.1 Å². The van der Waals surface area contributed by atoms with Crippen molar-refractivity contribution in [3.8, 4) is 0 Å². The summed E-state index contributed by atoms with van der Waals surface area (Å²) in [6.45, 7) is 2.61. The van der Waals surface area contributed by atoms with E-state index in [0.29, 0.717) is 19.0 Å². The second kappa shape index (κ2) is 6.41. The summed E-state index contributed by atoms with van der Waals surface area (Å²) in [5, 5.41) is 5.50. The van der Waals surface area contributed by atoms with Crippen LogP contribution in [0, 0.1) is 0 Å². The number of guanidine groups is 1. The lowest BCUT2D eigenvalue weighted by Gasteiger charge is -2.07. The van der Waals surface area contributed by atoms with Gasteiger partial charge in [0.1, 0.15) is 0 Å². The molecule has 0 saturated heterocycles. The van der Waals surface area contributed by atoms with Crippen LogP contribution in [0.1, 0.15) is 6.92 Å². The van der Waals surface area contributed by atoms with Crippen molar-refractivity contribution in [2.75, 3.05) is 20.1 Å². The fraction of sp³-hybridized carbons (Fsp3) is 0.667. The molecule has 1 amide bonds. The first-order valence-corrected chi connectivity index (χ1v) is 3.62. The van der Waals surface area contributed by atoms with Crippen molar-refractivity contribution >= 4 is 11.9 Å². The van der Waals surface area contributed by atoms with Crippen molar-refractivity contribution in [3.05, 3.63) is 0 Å². The van der Waals surface area contributed by atoms with Crippen LogP contribution in [0.15, 0.2) is 4.99 Å². The minimum atomic E-state index is -0.0486. The Labute approximate surface area is 71.6 Å². The summed E-state index contributed by atoms with van der Waals surface area (Å²) in [6.07, 6.45) is 0. The molecule has 0 aliphatic carbocycles. The molecule has 12 heavy (non-hydrogen) atoms. The highest BCUT2D eigenvalue weighted by Gasteiger charge is 1.92. The Morgan fingerprint density at radius 1 is 1.42 bits per heavy atom. The van der Waals surface area contributed by atoms with Crippen LogP contribution in [0.4, 0.5) is 0 Å². The lowest BCUT2D eigenvalue weighted by Crippen LogP contribution is -2.44. The summed E-state index contributed by atoms with van der Waals surface area (Å²) in [5.41, 5.74) is 2.37. The molecule has 0 saturated carbocycles. The van der Waals surface area contributed by atoms with E-state index in [-0.39, 0.29) is 5.91 Å². The lowest BCUT2D eigenvalue weighted by molar-refractivity contribution is -0.118. The molecule has 0 atom stereocenters. The number of nitrogens with one attached hydrogen (secondary N) is 3. The molecule has 70 valence electrons. The topological polar surface area (TPSA) is 91.5 Å². The van der Waals surface area contributed by atoms with Gasteiger partial charge >= 0.3 is 0 Å². The Morgan fingerprint density at radius 2 is 2.00 bits per heavy atom. The number of nitrogens with two attached hydrogens (primary N) is 1. The minimum Gasteiger partial charge on any atom is -0.355 e. The molecule has 0 aliphatic rings. The third-order valence-electron chi connectivity index (χ3n) is 1.15. The molecular formula is C6H15N5O. The Hall–Kier alpha value is -1.30. The van der Waals surface area contributed by atoms with Crippen molar-refractivity contribution in [1.82, 2.24) is 16.1 Å². The Balaban J connectivity index is 3.36. The number of hydrogen-bond acceptors (Lipinski definition) is 3. The quantitative estimate of drug-likeness (QED) is 0.133. The maximum absolute atomic E-state index is 10.4. The SMILES string of the molecule is CN=C(NN)NCCNC(C)=O. The molecular weight excluding hydrogens is 158 g/mol. The van der Waals surface area contributed by atoms with Gasteiger partial charge in [0.05, 0.1) is 0 Å². The van der Waals surface area contributed by atoms with Gasteiger partial charge < -0.3 is 10.6 Å². The highest BCUT2D eigenvalue weighted by molar-refractivity contribution is 5.79. The van der Waals surface area contributed by atoms with E-state index in [9.17, 15) is 4.79 Å². The van der Waals surface area contributed by atoms with Crippen molar-refractivity contribution in [2.24, 2.45) is 10.8 Å². The molecule has 0 bridgehead atoms. The lowest BCUT2D eigenvalue weighted by atomic mass is 10.6. The molecule has 5 N–H and O–H groups in total. The summed E-state index contributed by atoms with van der Waals surface area (Å²) in [4.78, 5) is 14.2. The standard InChI is InChI=1S/C6H15N5O/c1-5(12)9-3-4-10-6(8-2)11-7/h3-4,7H2,1-2H3,(H,9,12)(H2,8,10,11). The van der Waals surface area contributed by atoms with E-state index in [1.807, 2.05) is 0 Å². The van der Waals surface area contributed by atoms with Gasteiger partial charge in [0, 0.05) is 27.1 Å². The molecule has 0 rings (SSSR count). The first-order chi connectivity index (χ1) is 5.70. The first-order valence-electron chi connectivity index (χ1n) is 3.62. The molecule has 6 heteroatoms. The zero-order valence-electron chi connectivity index (χ0n) is 7.35. The minimum absolute atomic E-state index is 0.0486. The summed E-state index contributed by atoms with van der Waals surface area (Å²) in [7, 11) is 1.61. The van der Waals surface area contributed by atoms with E-state index >= 15 is 0 Å². The molecule has 0 aromatic rings. The summed E-state index contributed by atoms with van der Waals surface area (Å²) < 4.78 is 0. The number of amides is 1. The van der Waals surface area contributed by atoms with Gasteiger partial charge in [0.2, 0.25) is 11.9 Å². The molecule has 0 aromatic heterocycles. The smallest absolute Gasteiger partial charge is 0.216 e. The number of nitrogens with zero attached hydrogens (tertiary/aromatic N) is 1. The molecule has 0 radical (unpaired) electrons. The Bertz CT molecular complexity index is 167. The van der Waals surface area contributed by atoms with Crippen molar-refractivity contribution in [3.63, 3.8) is 0 Å². The fourth-order valence-corrected chi connectivity index (χ4v) is 0.614. The first kappa shape index (κ1) is 10.7. The maximum atomic E-state index is 10.4. The third kappa shape index (κ3) is 5.48. The van der Waals surface area contributed by atoms with Crippen LogP contribution in [0.2, 0.25) is 0 Å². The van der Waals surface area contributed by atoms with Crippen molar-refractivity contribution in [1.29, 1.82) is 0 Å². The second-order valence-electron chi connectivity index (χ2n) is 2.13. The van der Waals surface area contributed by atoms with Gasteiger partial charge in [-0.05, 0) is 0 Å². The summed E-state index contributed by atoms with van der Waals surface area (Å²) >= 11 is 0. The average Bonchev–Trinajstić information content (AvgIpc) is 2.04. The van der Waals surface area contributed by atoms with E-state index in [1.54, 1.807) is 7.05 Å². The van der Waals surface area contributed by atoms with E-state index in [4.69, 9.17) is 5.84 Å². The van der Waals surface area contributed by atoms with Crippen LogP contribution in [-0.4, -0.2) is 32.0 Å². The Morgan fingerprint density at radius 3 is 2.42 bits per heavy atom. The highest BCUT2D eigenvalue weighted by atomic mass is 16.1. The zero-order chi connectivity index (χ0) is 9.40. The predicted octanol–water partition coefficient (Wildman–Crippen LogP) is -1.84. The largest absolute Gasteiger partial charge is 0.355 e. The number of carbonyl (C=O) groups excluding carboxylic acids is 1. The summed E-state index contributed by atoms with van der Waals surface area (Å²) in [5.74, 6) is 5.55. The van der Waals surface area contributed by atoms with Crippen LogP contribution < -0.4 is 21.9 Å². The number of hydrazine groups is 1. The molecule has 0 spiro atoms.